The molecule has 5 heteroatoms. The fourth-order valence-electron chi connectivity index (χ4n) is 3.48. The molecule has 2 aliphatic rings. The number of aryl methyl sites for hydroxylation is 1. The van der Waals surface area contributed by atoms with Crippen molar-refractivity contribution in [2.75, 3.05) is 19.0 Å². The van der Waals surface area contributed by atoms with Gasteiger partial charge in [-0.1, -0.05) is 51.5 Å². The molecule has 174 valence electrons. The zero-order chi connectivity index (χ0) is 23.7. The van der Waals surface area contributed by atoms with Gasteiger partial charge in [0.25, 0.3) is 0 Å². The van der Waals surface area contributed by atoms with Gasteiger partial charge in [-0.2, -0.15) is 0 Å². The minimum absolute atomic E-state index is 0.0391. The summed E-state index contributed by atoms with van der Waals surface area (Å²) in [6, 6.07) is 12.0. The molecule has 0 radical (unpaired) electrons. The van der Waals surface area contributed by atoms with Crippen LogP contribution in [0.4, 0.5) is 5.69 Å². The van der Waals surface area contributed by atoms with Crippen LogP contribution in [0.25, 0.3) is 0 Å². The molecule has 0 spiro atoms. The number of carbonyl (C=O) groups is 2. The monoisotopic (exact) mass is 439 g/mol. The highest BCUT2D eigenvalue weighted by molar-refractivity contribution is 5.93. The first-order valence-electron chi connectivity index (χ1n) is 11.5. The summed E-state index contributed by atoms with van der Waals surface area (Å²) in [5, 5.41) is 2.93. The van der Waals surface area contributed by atoms with E-state index in [0.717, 1.165) is 47.4 Å². The van der Waals surface area contributed by atoms with E-state index in [1.54, 1.807) is 14.0 Å². The summed E-state index contributed by atoms with van der Waals surface area (Å²) in [5.74, 6) is 1.53. The number of fused-ring (bicyclic) bond motifs is 1. The van der Waals surface area contributed by atoms with Crippen molar-refractivity contribution in [2.24, 2.45) is 5.92 Å². The topological polar surface area (TPSA) is 64.6 Å². The number of carbonyl (C=O) groups excluding carboxylic acids is 2. The molecule has 1 aliphatic carbocycles. The van der Waals surface area contributed by atoms with Gasteiger partial charge in [-0.3, -0.25) is 9.59 Å². The first kappa shape index (κ1) is 25.6. The average Bonchev–Trinajstić information content (AvgIpc) is 3.63. The number of ketones is 1. The molecule has 0 bridgehead atoms. The Morgan fingerprint density at radius 1 is 1.12 bits per heavy atom. The second kappa shape index (κ2) is 12.4. The molecule has 1 heterocycles. The van der Waals surface area contributed by atoms with Crippen LogP contribution in [0.2, 0.25) is 0 Å². The lowest BCUT2D eigenvalue weighted by atomic mass is 9.94. The summed E-state index contributed by atoms with van der Waals surface area (Å²) in [6.07, 6.45) is 4.20. The summed E-state index contributed by atoms with van der Waals surface area (Å²) in [6.45, 7) is 10.1. The van der Waals surface area contributed by atoms with Crippen LogP contribution < -0.4 is 10.1 Å². The lowest BCUT2D eigenvalue weighted by Crippen LogP contribution is -2.15. The fraction of sp³-hybridized carbons (Fsp3) is 0.481. The molecule has 1 N–H and O–H groups in total. The molecule has 0 unspecified atom stereocenters. The number of ether oxygens (including phenoxy) is 2. The second-order valence-electron chi connectivity index (χ2n) is 8.28. The Kier molecular flexibility index (Phi) is 9.92. The molecule has 0 aromatic heterocycles. The van der Waals surface area contributed by atoms with Gasteiger partial charge in [-0.05, 0) is 61.9 Å². The smallest absolute Gasteiger partial charge is 0.250 e. The summed E-state index contributed by atoms with van der Waals surface area (Å²) in [7, 11) is 1.66. The van der Waals surface area contributed by atoms with Gasteiger partial charge >= 0.3 is 0 Å². The van der Waals surface area contributed by atoms with Crippen LogP contribution >= 0.6 is 0 Å². The second-order valence-corrected chi connectivity index (χ2v) is 8.28. The Morgan fingerprint density at radius 2 is 1.81 bits per heavy atom. The van der Waals surface area contributed by atoms with Gasteiger partial charge in [0.2, 0.25) is 5.91 Å². The number of nitrogens with one attached hydrogen (secondary N) is 1. The number of rotatable bonds is 4. The highest BCUT2D eigenvalue weighted by Gasteiger charge is 2.26. The summed E-state index contributed by atoms with van der Waals surface area (Å²) in [5.41, 5.74) is 5.08. The minimum atomic E-state index is -0.287. The van der Waals surface area contributed by atoms with Gasteiger partial charge in [-0.25, -0.2) is 0 Å². The van der Waals surface area contributed by atoms with E-state index in [-0.39, 0.29) is 18.6 Å². The lowest BCUT2D eigenvalue weighted by molar-refractivity contribution is -0.121. The SMILES string of the molecule is CC(=O)C1CC1.CCC.CCc1ccc2c(c1)[C@@H](c1cccc(OC)c1C)OCC(=O)N2. The maximum atomic E-state index is 11.9. The van der Waals surface area contributed by atoms with Gasteiger partial charge in [-0.15, -0.1) is 0 Å². The van der Waals surface area contributed by atoms with E-state index in [2.05, 4.69) is 32.2 Å². The number of Topliss-reactive ketones (excluding diaryl/α,β-unsaturated/α-hetero) is 1. The van der Waals surface area contributed by atoms with Crippen molar-refractivity contribution in [1.29, 1.82) is 0 Å². The molecule has 2 aromatic carbocycles. The van der Waals surface area contributed by atoms with Gasteiger partial charge < -0.3 is 14.8 Å². The molecule has 0 saturated heterocycles. The summed E-state index contributed by atoms with van der Waals surface area (Å²) >= 11 is 0. The third kappa shape index (κ3) is 6.92. The Bertz CT molecular complexity index is 918. The number of methoxy groups -OCH3 is 1. The van der Waals surface area contributed by atoms with Gasteiger partial charge in [0.05, 0.1) is 7.11 Å². The summed E-state index contributed by atoms with van der Waals surface area (Å²) in [4.78, 5) is 22.1. The van der Waals surface area contributed by atoms with Crippen LogP contribution in [0.5, 0.6) is 5.75 Å². The number of hydrogen-bond donors (Lipinski definition) is 1. The predicted molar refractivity (Wildman–Crippen MR) is 129 cm³/mol. The van der Waals surface area contributed by atoms with Crippen LogP contribution in [0.1, 0.15) is 75.3 Å². The number of amides is 1. The van der Waals surface area contributed by atoms with Crippen LogP contribution in [0.15, 0.2) is 36.4 Å². The minimum Gasteiger partial charge on any atom is -0.496 e. The lowest BCUT2D eigenvalue weighted by Gasteiger charge is -2.21. The van der Waals surface area contributed by atoms with Crippen molar-refractivity contribution < 1.29 is 19.1 Å². The zero-order valence-corrected chi connectivity index (χ0v) is 20.3. The predicted octanol–water partition coefficient (Wildman–Crippen LogP) is 6.03. The first-order chi connectivity index (χ1) is 15.4. The van der Waals surface area contributed by atoms with Crippen LogP contribution in [0.3, 0.4) is 0 Å². The standard InChI is InChI=1S/C19H21NO3.C5H8O.C3H8/c1-4-13-8-9-16-15(10-13)19(23-11-18(21)20-16)14-6-5-7-17(22-3)12(14)2;1-4(6)5-2-3-5;1-3-2/h5-10,19H,4,11H2,1-3H3,(H,20,21);5H,2-3H2,1H3;3H2,1-2H3/t19-;;/m1../s1. The number of anilines is 1. The molecule has 5 nitrogen and oxygen atoms in total. The third-order valence-electron chi connectivity index (χ3n) is 5.44. The molecule has 1 fully saturated rings. The van der Waals surface area contributed by atoms with Crippen molar-refractivity contribution in [3.63, 3.8) is 0 Å². The maximum Gasteiger partial charge on any atom is 0.250 e. The van der Waals surface area contributed by atoms with Crippen molar-refractivity contribution in [3.8, 4) is 5.75 Å². The Hall–Kier alpha value is -2.66. The quantitative estimate of drug-likeness (QED) is 0.632. The van der Waals surface area contributed by atoms with Crippen molar-refractivity contribution in [1.82, 2.24) is 0 Å². The molecule has 2 aromatic rings. The maximum absolute atomic E-state index is 11.9. The Labute approximate surface area is 192 Å². The largest absolute Gasteiger partial charge is 0.496 e. The molecule has 1 aliphatic heterocycles. The van der Waals surface area contributed by atoms with E-state index < -0.39 is 0 Å². The highest BCUT2D eigenvalue weighted by atomic mass is 16.5. The highest BCUT2D eigenvalue weighted by Crippen LogP contribution is 2.37. The van der Waals surface area contributed by atoms with Crippen molar-refractivity contribution in [3.05, 3.63) is 58.7 Å². The van der Waals surface area contributed by atoms with Crippen molar-refractivity contribution in [2.45, 2.75) is 66.4 Å². The first-order valence-corrected chi connectivity index (χ1v) is 11.5. The van der Waals surface area contributed by atoms with E-state index in [9.17, 15) is 9.59 Å². The number of benzene rings is 2. The molecule has 1 saturated carbocycles. The normalized spacial score (nSPS) is 16.8. The van der Waals surface area contributed by atoms with Crippen LogP contribution in [-0.2, 0) is 20.7 Å². The molecular formula is C27H37NO4. The van der Waals surface area contributed by atoms with E-state index in [1.165, 1.54) is 12.0 Å². The Balaban J connectivity index is 0.000000339. The third-order valence-corrected chi connectivity index (χ3v) is 5.44. The molecule has 32 heavy (non-hydrogen) atoms. The van der Waals surface area contributed by atoms with E-state index in [0.29, 0.717) is 11.7 Å². The molecule has 1 amide bonds. The van der Waals surface area contributed by atoms with Crippen LogP contribution in [-0.4, -0.2) is 25.4 Å². The molecule has 4 rings (SSSR count). The van der Waals surface area contributed by atoms with Crippen molar-refractivity contribution >= 4 is 17.4 Å². The van der Waals surface area contributed by atoms with E-state index >= 15 is 0 Å². The molecular weight excluding hydrogens is 402 g/mol. The van der Waals surface area contributed by atoms with E-state index in [4.69, 9.17) is 9.47 Å². The summed E-state index contributed by atoms with van der Waals surface area (Å²) < 4.78 is 11.4. The number of hydrogen-bond acceptors (Lipinski definition) is 4. The van der Waals surface area contributed by atoms with E-state index in [1.807, 2.05) is 37.3 Å². The average molecular weight is 440 g/mol. The zero-order valence-electron chi connectivity index (χ0n) is 20.3. The van der Waals surface area contributed by atoms with Crippen LogP contribution in [0, 0.1) is 12.8 Å². The Morgan fingerprint density at radius 3 is 2.34 bits per heavy atom. The molecule has 1 atom stereocenters. The van der Waals surface area contributed by atoms with Gasteiger partial charge in [0.1, 0.15) is 24.2 Å². The van der Waals surface area contributed by atoms with Gasteiger partial charge in [0, 0.05) is 17.2 Å². The fourth-order valence-corrected chi connectivity index (χ4v) is 3.48. The van der Waals surface area contributed by atoms with Gasteiger partial charge in [0.15, 0.2) is 0 Å².